The van der Waals surface area contributed by atoms with Crippen LogP contribution in [-0.2, 0) is 0 Å². The molecule has 0 aromatic carbocycles. The molecule has 0 unspecified atom stereocenters. The predicted molar refractivity (Wildman–Crippen MR) is 83.6 cm³/mol. The molecule has 1 aromatic heterocycles. The van der Waals surface area contributed by atoms with Crippen molar-refractivity contribution in [1.29, 1.82) is 0 Å². The van der Waals surface area contributed by atoms with Crippen LogP contribution >= 0.6 is 0 Å². The van der Waals surface area contributed by atoms with E-state index in [4.69, 9.17) is 0 Å². The second-order valence-corrected chi connectivity index (χ2v) is 5.81. The number of hydrogen-bond acceptors (Lipinski definition) is 4. The van der Waals surface area contributed by atoms with Gasteiger partial charge in [0.25, 0.3) is 5.91 Å². The molecular weight excluding hydrogens is 266 g/mol. The van der Waals surface area contributed by atoms with E-state index < -0.39 is 0 Å². The smallest absolute Gasteiger partial charge is 0.272 e. The van der Waals surface area contributed by atoms with Gasteiger partial charge in [-0.3, -0.25) is 9.78 Å². The lowest BCUT2D eigenvalue weighted by atomic mass is 9.94. The minimum Gasteiger partial charge on any atom is -0.395 e. The fourth-order valence-corrected chi connectivity index (χ4v) is 2.97. The van der Waals surface area contributed by atoms with Crippen LogP contribution in [0, 0.1) is 0 Å². The summed E-state index contributed by atoms with van der Waals surface area (Å²) < 4.78 is 0. The van der Waals surface area contributed by atoms with Crippen LogP contribution in [-0.4, -0.2) is 54.2 Å². The number of carbonyl (C=O) groups excluding carboxylic acids is 1. The molecule has 1 aliphatic rings. The number of rotatable bonds is 5. The Labute approximate surface area is 126 Å². The van der Waals surface area contributed by atoms with Gasteiger partial charge in [-0.25, -0.2) is 0 Å². The van der Waals surface area contributed by atoms with Crippen molar-refractivity contribution in [3.05, 3.63) is 24.0 Å². The van der Waals surface area contributed by atoms with Gasteiger partial charge < -0.3 is 14.9 Å². The molecule has 1 fully saturated rings. The molecule has 21 heavy (non-hydrogen) atoms. The molecule has 1 amide bonds. The Balaban J connectivity index is 2.23. The molecule has 0 aliphatic heterocycles. The third-order valence-electron chi connectivity index (χ3n) is 4.06. The van der Waals surface area contributed by atoms with Crippen LogP contribution in [0.2, 0.25) is 0 Å². The van der Waals surface area contributed by atoms with Crippen LogP contribution in [0.1, 0.15) is 42.6 Å². The number of carbonyl (C=O) groups is 1. The van der Waals surface area contributed by atoms with E-state index in [-0.39, 0.29) is 12.5 Å². The zero-order valence-corrected chi connectivity index (χ0v) is 13.0. The summed E-state index contributed by atoms with van der Waals surface area (Å²) in [7, 11) is 3.45. The molecule has 1 aliphatic carbocycles. The third-order valence-corrected chi connectivity index (χ3v) is 4.06. The van der Waals surface area contributed by atoms with Crippen LogP contribution in [0.5, 0.6) is 0 Å². The maximum atomic E-state index is 12.0. The van der Waals surface area contributed by atoms with Crippen LogP contribution in [0.4, 0.5) is 5.69 Å². The second kappa shape index (κ2) is 7.41. The molecule has 0 spiro atoms. The van der Waals surface area contributed by atoms with E-state index in [0.717, 1.165) is 18.5 Å². The number of aliphatic hydroxyl groups excluding tert-OH is 1. The third kappa shape index (κ3) is 3.94. The van der Waals surface area contributed by atoms with E-state index in [2.05, 4.69) is 9.88 Å². The summed E-state index contributed by atoms with van der Waals surface area (Å²) in [5.74, 6) is -0.0931. The fourth-order valence-electron chi connectivity index (χ4n) is 2.97. The number of amides is 1. The first kappa shape index (κ1) is 15.8. The van der Waals surface area contributed by atoms with Crippen molar-refractivity contribution in [2.45, 2.75) is 38.1 Å². The first-order chi connectivity index (χ1) is 10.1. The van der Waals surface area contributed by atoms with Crippen molar-refractivity contribution in [2.75, 3.05) is 32.1 Å². The summed E-state index contributed by atoms with van der Waals surface area (Å²) in [6.07, 6.45) is 7.75. The summed E-state index contributed by atoms with van der Waals surface area (Å²) in [6, 6.07) is 4.22. The highest BCUT2D eigenvalue weighted by molar-refractivity contribution is 5.92. The SMILES string of the molecule is CN(C)C(=O)c1cc(N(CCO)C2CCCCC2)ccn1. The Morgan fingerprint density at radius 2 is 2.05 bits per heavy atom. The maximum Gasteiger partial charge on any atom is 0.272 e. The van der Waals surface area contributed by atoms with Crippen molar-refractivity contribution in [3.8, 4) is 0 Å². The van der Waals surface area contributed by atoms with Crippen LogP contribution < -0.4 is 4.90 Å². The average molecular weight is 291 g/mol. The number of pyridine rings is 1. The van der Waals surface area contributed by atoms with Crippen molar-refractivity contribution < 1.29 is 9.90 Å². The lowest BCUT2D eigenvalue weighted by Gasteiger charge is -2.36. The molecule has 5 nitrogen and oxygen atoms in total. The molecule has 2 rings (SSSR count). The summed E-state index contributed by atoms with van der Waals surface area (Å²) in [5.41, 5.74) is 1.44. The zero-order valence-electron chi connectivity index (χ0n) is 13.0. The molecule has 1 N–H and O–H groups in total. The summed E-state index contributed by atoms with van der Waals surface area (Å²) >= 11 is 0. The zero-order chi connectivity index (χ0) is 15.2. The van der Waals surface area contributed by atoms with Crippen molar-refractivity contribution in [3.63, 3.8) is 0 Å². The van der Waals surface area contributed by atoms with Gasteiger partial charge in [0.05, 0.1) is 6.61 Å². The van der Waals surface area contributed by atoms with Gasteiger partial charge in [-0.15, -0.1) is 0 Å². The van der Waals surface area contributed by atoms with Crippen LogP contribution in [0.3, 0.4) is 0 Å². The predicted octanol–water partition coefficient (Wildman–Crippen LogP) is 1.91. The van der Waals surface area contributed by atoms with E-state index in [1.165, 1.54) is 24.2 Å². The number of anilines is 1. The largest absolute Gasteiger partial charge is 0.395 e. The van der Waals surface area contributed by atoms with Gasteiger partial charge in [0.15, 0.2) is 0 Å². The van der Waals surface area contributed by atoms with E-state index in [9.17, 15) is 9.90 Å². The van der Waals surface area contributed by atoms with E-state index >= 15 is 0 Å². The topological polar surface area (TPSA) is 56.7 Å². The van der Waals surface area contributed by atoms with Gasteiger partial charge in [-0.2, -0.15) is 0 Å². The number of aromatic nitrogens is 1. The Morgan fingerprint density at radius 1 is 1.33 bits per heavy atom. The Morgan fingerprint density at radius 3 is 2.67 bits per heavy atom. The van der Waals surface area contributed by atoms with Gasteiger partial charge in [0, 0.05) is 38.6 Å². The number of hydrogen-bond donors (Lipinski definition) is 1. The number of aliphatic hydroxyl groups is 1. The molecule has 1 heterocycles. The molecular formula is C16H25N3O2. The average Bonchev–Trinajstić information content (AvgIpc) is 2.52. The summed E-state index contributed by atoms with van der Waals surface area (Å²) in [4.78, 5) is 20.0. The standard InChI is InChI=1S/C16H25N3O2/c1-18(2)16(21)15-12-14(8-9-17-15)19(10-11-20)13-6-4-3-5-7-13/h8-9,12-13,20H,3-7,10-11H2,1-2H3. The summed E-state index contributed by atoms with van der Waals surface area (Å²) in [6.45, 7) is 0.722. The quantitative estimate of drug-likeness (QED) is 0.900. The highest BCUT2D eigenvalue weighted by atomic mass is 16.3. The van der Waals surface area contributed by atoms with Crippen molar-refractivity contribution in [2.24, 2.45) is 0 Å². The molecule has 116 valence electrons. The normalized spacial score (nSPS) is 15.8. The van der Waals surface area contributed by atoms with Crippen molar-refractivity contribution >= 4 is 11.6 Å². The monoisotopic (exact) mass is 291 g/mol. The Bertz CT molecular complexity index is 470. The van der Waals surface area contributed by atoms with Crippen molar-refractivity contribution in [1.82, 2.24) is 9.88 Å². The maximum absolute atomic E-state index is 12.0. The molecule has 0 saturated heterocycles. The van der Waals surface area contributed by atoms with Gasteiger partial charge in [0.2, 0.25) is 0 Å². The van der Waals surface area contributed by atoms with Gasteiger partial charge in [-0.05, 0) is 25.0 Å². The molecule has 1 aromatic rings. The molecule has 0 radical (unpaired) electrons. The Kier molecular flexibility index (Phi) is 5.56. The van der Waals surface area contributed by atoms with E-state index in [1.54, 1.807) is 20.3 Å². The molecule has 5 heteroatoms. The number of nitrogens with zero attached hydrogens (tertiary/aromatic N) is 3. The van der Waals surface area contributed by atoms with Gasteiger partial charge >= 0.3 is 0 Å². The minimum absolute atomic E-state index is 0.0931. The van der Waals surface area contributed by atoms with Gasteiger partial charge in [-0.1, -0.05) is 19.3 Å². The fraction of sp³-hybridized carbons (Fsp3) is 0.625. The highest BCUT2D eigenvalue weighted by Crippen LogP contribution is 2.27. The van der Waals surface area contributed by atoms with E-state index in [1.807, 2.05) is 12.1 Å². The first-order valence-corrected chi connectivity index (χ1v) is 7.68. The Hall–Kier alpha value is -1.62. The first-order valence-electron chi connectivity index (χ1n) is 7.68. The highest BCUT2D eigenvalue weighted by Gasteiger charge is 2.22. The van der Waals surface area contributed by atoms with Crippen LogP contribution in [0.25, 0.3) is 0 Å². The van der Waals surface area contributed by atoms with Gasteiger partial charge in [0.1, 0.15) is 5.69 Å². The van der Waals surface area contributed by atoms with Crippen LogP contribution in [0.15, 0.2) is 18.3 Å². The molecule has 0 bridgehead atoms. The lowest BCUT2D eigenvalue weighted by molar-refractivity contribution is 0.0822. The molecule has 0 atom stereocenters. The molecule has 1 saturated carbocycles. The van der Waals surface area contributed by atoms with E-state index in [0.29, 0.717) is 18.3 Å². The second-order valence-electron chi connectivity index (χ2n) is 5.81. The minimum atomic E-state index is -0.0931. The lowest BCUT2D eigenvalue weighted by Crippen LogP contribution is -2.39. The summed E-state index contributed by atoms with van der Waals surface area (Å²) in [5, 5.41) is 9.36.